The van der Waals surface area contributed by atoms with E-state index >= 15 is 0 Å². The number of nitrogens with one attached hydrogen (secondary N) is 1. The molecule has 0 saturated carbocycles. The predicted molar refractivity (Wildman–Crippen MR) is 79.5 cm³/mol. The number of hydrazone groups is 1. The molecule has 0 aromatic rings. The maximum atomic E-state index is 12.2. The minimum absolute atomic E-state index is 0.0265. The Morgan fingerprint density at radius 1 is 1.48 bits per heavy atom. The fourth-order valence-electron chi connectivity index (χ4n) is 2.52. The lowest BCUT2D eigenvalue weighted by atomic mass is 10.1. The molecule has 0 aromatic carbocycles. The number of aliphatic hydroxyl groups excluding tert-OH is 1. The Morgan fingerprint density at radius 2 is 2.24 bits per heavy atom. The Bertz CT molecular complexity index is 471. The monoisotopic (exact) mass is 293 g/mol. The highest BCUT2D eigenvalue weighted by atomic mass is 16.3. The van der Waals surface area contributed by atoms with Crippen molar-refractivity contribution in [1.82, 2.24) is 10.3 Å². The molecule has 0 aromatic heterocycles. The zero-order valence-electron chi connectivity index (χ0n) is 12.6. The minimum atomic E-state index is -0.218. The van der Waals surface area contributed by atoms with Crippen LogP contribution >= 0.6 is 0 Å². The second-order valence-corrected chi connectivity index (χ2v) is 6.06. The number of aliphatic hydroxyl groups is 1. The Morgan fingerprint density at radius 3 is 2.86 bits per heavy atom. The highest BCUT2D eigenvalue weighted by Crippen LogP contribution is 2.17. The summed E-state index contributed by atoms with van der Waals surface area (Å²) in [6.07, 6.45) is 5.25. The number of carbonyl (C=O) groups is 2. The van der Waals surface area contributed by atoms with E-state index in [2.05, 4.69) is 10.4 Å². The van der Waals surface area contributed by atoms with Crippen LogP contribution in [0.2, 0.25) is 0 Å². The van der Waals surface area contributed by atoms with Crippen LogP contribution in [-0.2, 0) is 9.59 Å². The van der Waals surface area contributed by atoms with Crippen LogP contribution in [-0.4, -0.2) is 46.8 Å². The van der Waals surface area contributed by atoms with E-state index in [0.717, 1.165) is 0 Å². The molecule has 0 spiro atoms. The highest BCUT2D eigenvalue weighted by molar-refractivity contribution is 6.39. The third-order valence-electron chi connectivity index (χ3n) is 3.63. The van der Waals surface area contributed by atoms with Gasteiger partial charge in [0, 0.05) is 38.0 Å². The first kappa shape index (κ1) is 15.7. The van der Waals surface area contributed by atoms with E-state index in [0.29, 0.717) is 37.4 Å². The first-order chi connectivity index (χ1) is 9.99. The van der Waals surface area contributed by atoms with Gasteiger partial charge in [-0.3, -0.25) is 9.59 Å². The standard InChI is InChI=1S/C15H23N3O3/c1-10(2)8-18-14(20)6-5-13(17-18)15(21)16-12-4-3-11(7-12)9-19/h3-4,10-12,19H,5-9H2,1-2H3,(H,16,21)/t11-,12+/m0/s1. The van der Waals surface area contributed by atoms with Crippen LogP contribution in [0.15, 0.2) is 17.3 Å². The zero-order chi connectivity index (χ0) is 15.4. The van der Waals surface area contributed by atoms with Crippen LogP contribution in [0.5, 0.6) is 0 Å². The van der Waals surface area contributed by atoms with Crippen molar-refractivity contribution in [2.24, 2.45) is 16.9 Å². The average molecular weight is 293 g/mol. The first-order valence-corrected chi connectivity index (χ1v) is 7.47. The molecule has 2 N–H and O–H groups in total. The normalized spacial score (nSPS) is 25.4. The molecular weight excluding hydrogens is 270 g/mol. The van der Waals surface area contributed by atoms with Crippen LogP contribution in [0, 0.1) is 11.8 Å². The molecule has 116 valence electrons. The first-order valence-electron chi connectivity index (χ1n) is 7.47. The maximum Gasteiger partial charge on any atom is 0.267 e. The van der Waals surface area contributed by atoms with E-state index in [4.69, 9.17) is 5.11 Å². The molecule has 1 aliphatic heterocycles. The van der Waals surface area contributed by atoms with E-state index in [-0.39, 0.29) is 30.4 Å². The van der Waals surface area contributed by atoms with Crippen molar-refractivity contribution < 1.29 is 14.7 Å². The van der Waals surface area contributed by atoms with E-state index in [9.17, 15) is 9.59 Å². The highest BCUT2D eigenvalue weighted by Gasteiger charge is 2.27. The summed E-state index contributed by atoms with van der Waals surface area (Å²) in [7, 11) is 0. The molecule has 0 radical (unpaired) electrons. The molecular formula is C15H23N3O3. The van der Waals surface area contributed by atoms with Crippen LogP contribution in [0.1, 0.15) is 33.1 Å². The molecule has 6 heteroatoms. The molecule has 1 heterocycles. The topological polar surface area (TPSA) is 82.0 Å². The number of nitrogens with zero attached hydrogens (tertiary/aromatic N) is 2. The van der Waals surface area contributed by atoms with E-state index in [1.807, 2.05) is 26.0 Å². The van der Waals surface area contributed by atoms with E-state index < -0.39 is 0 Å². The molecule has 2 atom stereocenters. The lowest BCUT2D eigenvalue weighted by molar-refractivity contribution is -0.132. The van der Waals surface area contributed by atoms with Crippen molar-refractivity contribution in [2.75, 3.05) is 13.2 Å². The third kappa shape index (κ3) is 4.14. The van der Waals surface area contributed by atoms with Crippen molar-refractivity contribution in [1.29, 1.82) is 0 Å². The number of amides is 2. The van der Waals surface area contributed by atoms with Gasteiger partial charge in [0.05, 0.1) is 0 Å². The summed E-state index contributed by atoms with van der Waals surface area (Å²) in [5, 5.41) is 17.6. The molecule has 2 aliphatic rings. The van der Waals surface area contributed by atoms with Crippen LogP contribution < -0.4 is 5.32 Å². The number of hydrogen-bond donors (Lipinski definition) is 2. The van der Waals surface area contributed by atoms with Crippen molar-refractivity contribution in [2.45, 2.75) is 39.2 Å². The number of rotatable bonds is 5. The second kappa shape index (κ2) is 6.85. The molecule has 1 aliphatic carbocycles. The summed E-state index contributed by atoms with van der Waals surface area (Å²) in [6.45, 7) is 4.65. The molecule has 21 heavy (non-hydrogen) atoms. The van der Waals surface area contributed by atoms with Crippen molar-refractivity contribution in [3.05, 3.63) is 12.2 Å². The molecule has 0 fully saturated rings. The molecule has 0 unspecified atom stereocenters. The van der Waals surface area contributed by atoms with Crippen LogP contribution in [0.4, 0.5) is 0 Å². The van der Waals surface area contributed by atoms with Gasteiger partial charge in [0.15, 0.2) is 0 Å². The summed E-state index contributed by atoms with van der Waals surface area (Å²) in [4.78, 5) is 24.0. The van der Waals surface area contributed by atoms with Crippen LogP contribution in [0.25, 0.3) is 0 Å². The average Bonchev–Trinajstić information content (AvgIpc) is 2.88. The molecule has 0 saturated heterocycles. The van der Waals surface area contributed by atoms with Gasteiger partial charge in [0.25, 0.3) is 5.91 Å². The summed E-state index contributed by atoms with van der Waals surface area (Å²) < 4.78 is 0. The lowest BCUT2D eigenvalue weighted by Crippen LogP contribution is -2.42. The third-order valence-corrected chi connectivity index (χ3v) is 3.63. The Labute approximate surface area is 124 Å². The Kier molecular flexibility index (Phi) is 5.12. The van der Waals surface area contributed by atoms with E-state index in [1.165, 1.54) is 5.01 Å². The minimum Gasteiger partial charge on any atom is -0.396 e. The van der Waals surface area contributed by atoms with Gasteiger partial charge in [-0.25, -0.2) is 5.01 Å². The molecule has 6 nitrogen and oxygen atoms in total. The molecule has 0 bridgehead atoms. The summed E-state index contributed by atoms with van der Waals surface area (Å²) >= 11 is 0. The summed E-state index contributed by atoms with van der Waals surface area (Å²) in [5.74, 6) is 0.177. The van der Waals surface area contributed by atoms with Gasteiger partial charge in [-0.1, -0.05) is 26.0 Å². The quantitative estimate of drug-likeness (QED) is 0.731. The van der Waals surface area contributed by atoms with Gasteiger partial charge in [-0.2, -0.15) is 5.10 Å². The van der Waals surface area contributed by atoms with Gasteiger partial charge in [-0.05, 0) is 12.3 Å². The smallest absolute Gasteiger partial charge is 0.267 e. The van der Waals surface area contributed by atoms with Crippen molar-refractivity contribution >= 4 is 17.5 Å². The summed E-state index contributed by atoms with van der Waals surface area (Å²) in [6, 6.07) is -0.0615. The van der Waals surface area contributed by atoms with Gasteiger partial charge in [-0.15, -0.1) is 0 Å². The maximum absolute atomic E-state index is 12.2. The molecule has 2 rings (SSSR count). The lowest BCUT2D eigenvalue weighted by Gasteiger charge is -2.25. The number of hydrogen-bond acceptors (Lipinski definition) is 4. The fraction of sp³-hybridized carbons (Fsp3) is 0.667. The zero-order valence-corrected chi connectivity index (χ0v) is 12.6. The second-order valence-electron chi connectivity index (χ2n) is 6.06. The Balaban J connectivity index is 1.95. The van der Waals surface area contributed by atoms with Crippen molar-refractivity contribution in [3.63, 3.8) is 0 Å². The SMILES string of the molecule is CC(C)CN1N=C(C(=O)N[C@@H]2C=C[C@H](CO)C2)CCC1=O. The van der Waals surface area contributed by atoms with Gasteiger partial charge in [0.2, 0.25) is 5.91 Å². The molecule has 2 amide bonds. The van der Waals surface area contributed by atoms with Gasteiger partial charge >= 0.3 is 0 Å². The largest absolute Gasteiger partial charge is 0.396 e. The van der Waals surface area contributed by atoms with Crippen LogP contribution in [0.3, 0.4) is 0 Å². The number of carbonyl (C=O) groups excluding carboxylic acids is 2. The van der Waals surface area contributed by atoms with Gasteiger partial charge in [0.1, 0.15) is 5.71 Å². The fourth-order valence-corrected chi connectivity index (χ4v) is 2.52. The van der Waals surface area contributed by atoms with E-state index in [1.54, 1.807) is 0 Å². The van der Waals surface area contributed by atoms with Crippen molar-refractivity contribution in [3.8, 4) is 0 Å². The summed E-state index contributed by atoms with van der Waals surface area (Å²) in [5.41, 5.74) is 0.413. The Hall–Kier alpha value is -1.69. The predicted octanol–water partition coefficient (Wildman–Crippen LogP) is 0.674. The van der Waals surface area contributed by atoms with Gasteiger partial charge < -0.3 is 10.4 Å².